The van der Waals surface area contributed by atoms with Crippen molar-refractivity contribution in [1.29, 1.82) is 0 Å². The lowest BCUT2D eigenvalue weighted by Gasteiger charge is -2.23. The van der Waals surface area contributed by atoms with E-state index in [4.69, 9.17) is 14.2 Å². The zero-order valence-electron chi connectivity index (χ0n) is 19.7. The third-order valence-corrected chi connectivity index (χ3v) is 7.14. The van der Waals surface area contributed by atoms with Gasteiger partial charge >= 0.3 is 5.91 Å². The van der Waals surface area contributed by atoms with Crippen LogP contribution in [0, 0.1) is 0 Å². The number of hydrogen-bond donors (Lipinski definition) is 1. The van der Waals surface area contributed by atoms with Gasteiger partial charge in [0, 0.05) is 18.0 Å². The molecule has 37 heavy (non-hydrogen) atoms. The Morgan fingerprint density at radius 3 is 2.76 bits per heavy atom. The Bertz CT molecular complexity index is 1570. The first-order valence-electron chi connectivity index (χ1n) is 11.7. The molecule has 1 amide bonds. The van der Waals surface area contributed by atoms with Gasteiger partial charge in [0.25, 0.3) is 5.78 Å². The summed E-state index contributed by atoms with van der Waals surface area (Å²) < 4.78 is 17.6. The number of pyridine rings is 1. The second-order valence-electron chi connectivity index (χ2n) is 8.37. The Morgan fingerprint density at radius 2 is 1.97 bits per heavy atom. The Hall–Kier alpha value is -4.44. The van der Waals surface area contributed by atoms with Crippen molar-refractivity contribution in [2.75, 3.05) is 24.7 Å². The van der Waals surface area contributed by atoms with E-state index in [1.807, 2.05) is 25.1 Å². The molecule has 1 N–H and O–H groups in total. The molecule has 0 spiro atoms. The van der Waals surface area contributed by atoms with E-state index < -0.39 is 17.7 Å². The molecule has 4 heterocycles. The molecule has 6 rings (SSSR count). The summed E-state index contributed by atoms with van der Waals surface area (Å²) in [5, 5.41) is 11.7. The molecule has 1 saturated heterocycles. The fourth-order valence-electron chi connectivity index (χ4n) is 4.48. The number of ether oxygens (including phenoxy) is 3. The van der Waals surface area contributed by atoms with Crippen molar-refractivity contribution in [2.24, 2.45) is 0 Å². The number of benzene rings is 2. The molecule has 10 heteroatoms. The first kappa shape index (κ1) is 23.0. The largest absolute Gasteiger partial charge is 0.507 e. The summed E-state index contributed by atoms with van der Waals surface area (Å²) in [6.07, 6.45) is 3.17. The zero-order chi connectivity index (χ0) is 25.5. The van der Waals surface area contributed by atoms with Crippen LogP contribution >= 0.6 is 11.3 Å². The number of thiazole rings is 1. The van der Waals surface area contributed by atoms with Gasteiger partial charge in [-0.15, -0.1) is 0 Å². The molecule has 9 nitrogen and oxygen atoms in total. The SMILES string of the molecule is CCOc1ccc2nc(N3C(=O)C(=O)/C(=C(/O)c4ccc5c(c4)OCCO5)[C@H]3c3cccnc3)sc2c1. The van der Waals surface area contributed by atoms with Crippen molar-refractivity contribution in [2.45, 2.75) is 13.0 Å². The number of aliphatic hydroxyl groups is 1. The van der Waals surface area contributed by atoms with Gasteiger partial charge < -0.3 is 19.3 Å². The molecule has 0 bridgehead atoms. The molecule has 0 saturated carbocycles. The van der Waals surface area contributed by atoms with Crippen molar-refractivity contribution in [3.8, 4) is 17.2 Å². The normalized spacial score (nSPS) is 18.4. The summed E-state index contributed by atoms with van der Waals surface area (Å²) in [7, 11) is 0. The second kappa shape index (κ2) is 9.21. The van der Waals surface area contributed by atoms with E-state index in [1.165, 1.54) is 16.2 Å². The molecular formula is C27H21N3O6S. The van der Waals surface area contributed by atoms with Gasteiger partial charge in [-0.2, -0.15) is 0 Å². The van der Waals surface area contributed by atoms with E-state index in [-0.39, 0.29) is 11.3 Å². The number of amides is 1. The van der Waals surface area contributed by atoms with Crippen LogP contribution in [-0.4, -0.2) is 46.6 Å². The number of Topliss-reactive ketones (excluding diaryl/α,β-unsaturated/α-hetero) is 1. The third kappa shape index (κ3) is 3.95. The Labute approximate surface area is 215 Å². The minimum absolute atomic E-state index is 0.0519. The van der Waals surface area contributed by atoms with Gasteiger partial charge in [-0.25, -0.2) is 4.98 Å². The predicted octanol–water partition coefficient (Wildman–Crippen LogP) is 4.49. The fourth-order valence-corrected chi connectivity index (χ4v) is 5.50. The summed E-state index contributed by atoms with van der Waals surface area (Å²) in [4.78, 5) is 37.0. The Balaban J connectivity index is 1.50. The molecule has 0 radical (unpaired) electrons. The number of fused-ring (bicyclic) bond motifs is 2. The maximum absolute atomic E-state index is 13.4. The van der Waals surface area contributed by atoms with E-state index in [9.17, 15) is 14.7 Å². The first-order chi connectivity index (χ1) is 18.0. The molecule has 1 fully saturated rings. The van der Waals surface area contributed by atoms with Crippen molar-refractivity contribution >= 4 is 44.1 Å². The summed E-state index contributed by atoms with van der Waals surface area (Å²) in [5.74, 6) is -0.208. The number of carbonyl (C=O) groups excluding carboxylic acids is 2. The highest BCUT2D eigenvalue weighted by molar-refractivity contribution is 7.22. The summed E-state index contributed by atoms with van der Waals surface area (Å²) in [5.41, 5.74) is 1.52. The van der Waals surface area contributed by atoms with E-state index in [1.54, 1.807) is 42.7 Å². The van der Waals surface area contributed by atoms with E-state index in [2.05, 4.69) is 9.97 Å². The average Bonchev–Trinajstić information content (AvgIpc) is 3.46. The number of anilines is 1. The maximum atomic E-state index is 13.4. The van der Waals surface area contributed by atoms with Crippen molar-refractivity contribution in [1.82, 2.24) is 9.97 Å². The molecule has 0 unspecified atom stereocenters. The quantitative estimate of drug-likeness (QED) is 0.235. The minimum Gasteiger partial charge on any atom is -0.507 e. The molecule has 186 valence electrons. The van der Waals surface area contributed by atoms with Crippen LogP contribution in [-0.2, 0) is 9.59 Å². The fraction of sp³-hybridized carbons (Fsp3) is 0.185. The van der Waals surface area contributed by atoms with Crippen LogP contribution in [0.4, 0.5) is 5.13 Å². The second-order valence-corrected chi connectivity index (χ2v) is 9.38. The minimum atomic E-state index is -0.922. The number of aromatic nitrogens is 2. The van der Waals surface area contributed by atoms with Crippen molar-refractivity contribution in [3.05, 3.63) is 77.6 Å². The Kier molecular flexibility index (Phi) is 5.72. The lowest BCUT2D eigenvalue weighted by Crippen LogP contribution is -2.29. The molecule has 2 aliphatic heterocycles. The lowest BCUT2D eigenvalue weighted by atomic mass is 9.96. The number of carbonyl (C=O) groups is 2. The summed E-state index contributed by atoms with van der Waals surface area (Å²) in [6, 6.07) is 12.9. The van der Waals surface area contributed by atoms with Crippen LogP contribution in [0.3, 0.4) is 0 Å². The van der Waals surface area contributed by atoms with Crippen LogP contribution in [0.15, 0.2) is 66.5 Å². The number of nitrogens with zero attached hydrogens (tertiary/aromatic N) is 3. The van der Waals surface area contributed by atoms with Gasteiger partial charge in [0.2, 0.25) is 0 Å². The summed E-state index contributed by atoms with van der Waals surface area (Å²) >= 11 is 1.27. The topological polar surface area (TPSA) is 111 Å². The number of ketones is 1. The smallest absolute Gasteiger partial charge is 0.301 e. The van der Waals surface area contributed by atoms with Crippen LogP contribution in [0.25, 0.3) is 16.0 Å². The first-order valence-corrected chi connectivity index (χ1v) is 12.5. The van der Waals surface area contributed by atoms with Crippen LogP contribution in [0.1, 0.15) is 24.1 Å². The van der Waals surface area contributed by atoms with Gasteiger partial charge in [-0.05, 0) is 55.0 Å². The highest BCUT2D eigenvalue weighted by Crippen LogP contribution is 2.45. The monoisotopic (exact) mass is 515 g/mol. The van der Waals surface area contributed by atoms with Gasteiger partial charge in [0.15, 0.2) is 16.6 Å². The molecular weight excluding hydrogens is 494 g/mol. The van der Waals surface area contributed by atoms with Gasteiger partial charge in [0.1, 0.15) is 24.7 Å². The lowest BCUT2D eigenvalue weighted by molar-refractivity contribution is -0.132. The summed E-state index contributed by atoms with van der Waals surface area (Å²) in [6.45, 7) is 3.22. The predicted molar refractivity (Wildman–Crippen MR) is 137 cm³/mol. The van der Waals surface area contributed by atoms with Gasteiger partial charge in [0.05, 0.1) is 28.4 Å². The van der Waals surface area contributed by atoms with Crippen LogP contribution in [0.5, 0.6) is 17.2 Å². The highest BCUT2D eigenvalue weighted by Gasteiger charge is 2.48. The van der Waals surface area contributed by atoms with Crippen LogP contribution in [0.2, 0.25) is 0 Å². The zero-order valence-corrected chi connectivity index (χ0v) is 20.5. The average molecular weight is 516 g/mol. The van der Waals surface area contributed by atoms with Gasteiger partial charge in [-0.3, -0.25) is 19.5 Å². The molecule has 2 aromatic heterocycles. The van der Waals surface area contributed by atoms with Crippen molar-refractivity contribution < 1.29 is 28.9 Å². The van der Waals surface area contributed by atoms with E-state index in [0.717, 1.165) is 4.70 Å². The van der Waals surface area contributed by atoms with Crippen LogP contribution < -0.4 is 19.1 Å². The number of hydrogen-bond acceptors (Lipinski definition) is 9. The Morgan fingerprint density at radius 1 is 1.14 bits per heavy atom. The number of rotatable bonds is 5. The maximum Gasteiger partial charge on any atom is 0.301 e. The van der Waals surface area contributed by atoms with E-state index in [0.29, 0.717) is 58.8 Å². The van der Waals surface area contributed by atoms with Crippen molar-refractivity contribution in [3.63, 3.8) is 0 Å². The molecule has 1 atom stereocenters. The van der Waals surface area contributed by atoms with E-state index >= 15 is 0 Å². The number of aliphatic hydroxyl groups excluding tert-OH is 1. The highest BCUT2D eigenvalue weighted by atomic mass is 32.1. The standard InChI is InChI=1S/C27H21N3O6S/c1-2-34-17-6-7-18-21(13-17)37-27(29-18)30-23(16-4-3-9-28-14-16)22(25(32)26(30)33)24(31)15-5-8-19-20(12-15)36-11-10-35-19/h3-9,12-14,23,31H,2,10-11H2,1H3/b24-22+/t23-/m1/s1. The van der Waals surface area contributed by atoms with Gasteiger partial charge in [-0.1, -0.05) is 17.4 Å². The molecule has 2 aromatic carbocycles. The molecule has 2 aliphatic rings. The third-order valence-electron chi connectivity index (χ3n) is 6.13. The molecule has 0 aliphatic carbocycles. The molecule has 4 aromatic rings.